The van der Waals surface area contributed by atoms with Crippen LogP contribution in [0.15, 0.2) is 42.5 Å². The summed E-state index contributed by atoms with van der Waals surface area (Å²) in [5.74, 6) is 0.945. The van der Waals surface area contributed by atoms with Crippen LogP contribution in [0.3, 0.4) is 0 Å². The highest BCUT2D eigenvalue weighted by Crippen LogP contribution is 2.23. The number of nitrogens with one attached hydrogen (secondary N) is 1. The molecule has 0 unspecified atom stereocenters. The van der Waals surface area contributed by atoms with E-state index >= 15 is 0 Å². The van der Waals surface area contributed by atoms with Crippen molar-refractivity contribution < 1.29 is 14.3 Å². The molecule has 25 heavy (non-hydrogen) atoms. The molecule has 136 valence electrons. The Labute approximate surface area is 158 Å². The zero-order chi connectivity index (χ0) is 17.4. The Morgan fingerprint density at radius 3 is 2.56 bits per heavy atom. The van der Waals surface area contributed by atoms with Crippen molar-refractivity contribution in [3.63, 3.8) is 0 Å². The van der Waals surface area contributed by atoms with Crippen molar-refractivity contribution in [3.8, 4) is 11.5 Å². The van der Waals surface area contributed by atoms with Crippen LogP contribution in [-0.4, -0.2) is 26.2 Å². The van der Waals surface area contributed by atoms with Gasteiger partial charge in [0, 0.05) is 17.1 Å². The highest BCUT2D eigenvalue weighted by Gasteiger charge is 2.06. The second kappa shape index (κ2) is 10.8. The number of halogens is 2. The van der Waals surface area contributed by atoms with E-state index in [0.29, 0.717) is 17.3 Å². The molecule has 0 aromatic heterocycles. The Morgan fingerprint density at radius 1 is 1.20 bits per heavy atom. The molecule has 0 aliphatic rings. The van der Waals surface area contributed by atoms with Gasteiger partial charge in [-0.25, -0.2) is 0 Å². The van der Waals surface area contributed by atoms with Crippen molar-refractivity contribution in [2.24, 2.45) is 5.73 Å². The molecule has 1 amide bonds. The fraction of sp³-hybridized carbons (Fsp3) is 0.278. The predicted octanol–water partition coefficient (Wildman–Crippen LogP) is 2.97. The normalized spacial score (nSPS) is 10.0. The van der Waals surface area contributed by atoms with Crippen LogP contribution in [0.2, 0.25) is 5.02 Å². The van der Waals surface area contributed by atoms with Gasteiger partial charge in [-0.15, -0.1) is 12.4 Å². The first-order valence-corrected chi connectivity index (χ1v) is 7.99. The van der Waals surface area contributed by atoms with E-state index in [2.05, 4.69) is 5.32 Å². The molecule has 3 N–H and O–H groups in total. The van der Waals surface area contributed by atoms with Gasteiger partial charge >= 0.3 is 0 Å². The lowest BCUT2D eigenvalue weighted by Gasteiger charge is -2.12. The van der Waals surface area contributed by atoms with Crippen LogP contribution >= 0.6 is 24.0 Å². The van der Waals surface area contributed by atoms with Gasteiger partial charge < -0.3 is 20.5 Å². The predicted molar refractivity (Wildman–Crippen MR) is 102 cm³/mol. The molecule has 0 bridgehead atoms. The number of carbonyl (C=O) groups excluding carboxylic acids is 1. The van der Waals surface area contributed by atoms with Gasteiger partial charge in [0.1, 0.15) is 11.5 Å². The molecule has 0 atom stereocenters. The molecular weight excluding hydrogens is 363 g/mol. The van der Waals surface area contributed by atoms with Crippen molar-refractivity contribution in [1.29, 1.82) is 0 Å². The standard InChI is InChI=1S/C18H21ClN2O3.ClH/c1-23-16-5-2-13(3-6-16)8-9-21-11-14-10-15(19)4-7-17(14)24-12-18(20)22;/h2-7,10,21H,8-9,11-12H2,1H3,(H2,20,22);1H. The Kier molecular flexibility index (Phi) is 9.13. The molecule has 0 saturated carbocycles. The summed E-state index contributed by atoms with van der Waals surface area (Å²) in [5, 5.41) is 3.97. The average molecular weight is 385 g/mol. The van der Waals surface area contributed by atoms with E-state index in [0.717, 1.165) is 24.3 Å². The quantitative estimate of drug-likeness (QED) is 0.651. The fourth-order valence-electron chi connectivity index (χ4n) is 2.22. The summed E-state index contributed by atoms with van der Waals surface area (Å²) >= 11 is 6.03. The molecule has 0 aliphatic heterocycles. The van der Waals surface area contributed by atoms with E-state index in [-0.39, 0.29) is 19.0 Å². The summed E-state index contributed by atoms with van der Waals surface area (Å²) in [6.45, 7) is 1.24. The van der Waals surface area contributed by atoms with Gasteiger partial charge in [-0.2, -0.15) is 0 Å². The summed E-state index contributed by atoms with van der Waals surface area (Å²) < 4.78 is 10.5. The van der Waals surface area contributed by atoms with Gasteiger partial charge in [-0.1, -0.05) is 23.7 Å². The maximum atomic E-state index is 10.9. The van der Waals surface area contributed by atoms with Crippen LogP contribution in [0.5, 0.6) is 11.5 Å². The molecule has 7 heteroatoms. The van der Waals surface area contributed by atoms with Crippen molar-refractivity contribution in [3.05, 3.63) is 58.6 Å². The van der Waals surface area contributed by atoms with Crippen LogP contribution in [0.4, 0.5) is 0 Å². The van der Waals surface area contributed by atoms with Crippen LogP contribution in [0.25, 0.3) is 0 Å². The van der Waals surface area contributed by atoms with Gasteiger partial charge in [0.25, 0.3) is 5.91 Å². The Hall–Kier alpha value is -1.95. The summed E-state index contributed by atoms with van der Waals surface area (Å²) in [6, 6.07) is 13.3. The van der Waals surface area contributed by atoms with Crippen molar-refractivity contribution >= 4 is 29.9 Å². The number of primary amides is 1. The lowest BCUT2D eigenvalue weighted by molar-refractivity contribution is -0.119. The summed E-state index contributed by atoms with van der Waals surface area (Å²) in [5.41, 5.74) is 7.22. The van der Waals surface area contributed by atoms with Gasteiger partial charge in [0.05, 0.1) is 7.11 Å². The van der Waals surface area contributed by atoms with Crippen molar-refractivity contribution in [2.45, 2.75) is 13.0 Å². The van der Waals surface area contributed by atoms with Crippen molar-refractivity contribution in [1.82, 2.24) is 5.32 Å². The van der Waals surface area contributed by atoms with E-state index in [1.165, 1.54) is 5.56 Å². The molecule has 0 heterocycles. The van der Waals surface area contributed by atoms with E-state index < -0.39 is 5.91 Å². The minimum Gasteiger partial charge on any atom is -0.497 e. The minimum atomic E-state index is -0.511. The molecule has 0 aliphatic carbocycles. The highest BCUT2D eigenvalue weighted by molar-refractivity contribution is 6.30. The molecule has 2 aromatic rings. The number of methoxy groups -OCH3 is 1. The molecule has 0 saturated heterocycles. The zero-order valence-electron chi connectivity index (χ0n) is 14.0. The monoisotopic (exact) mass is 384 g/mol. The van der Waals surface area contributed by atoms with Crippen LogP contribution in [0, 0.1) is 0 Å². The Morgan fingerprint density at radius 2 is 1.92 bits per heavy atom. The second-order valence-electron chi connectivity index (χ2n) is 5.28. The van der Waals surface area contributed by atoms with E-state index in [9.17, 15) is 4.79 Å². The first-order valence-electron chi connectivity index (χ1n) is 7.61. The third kappa shape index (κ3) is 7.22. The van der Waals surface area contributed by atoms with Gasteiger partial charge in [-0.05, 0) is 48.9 Å². The van der Waals surface area contributed by atoms with Gasteiger partial charge in [-0.3, -0.25) is 4.79 Å². The third-order valence-corrected chi connectivity index (χ3v) is 3.69. The summed E-state index contributed by atoms with van der Waals surface area (Å²) in [4.78, 5) is 10.9. The summed E-state index contributed by atoms with van der Waals surface area (Å²) in [6.07, 6.45) is 0.891. The van der Waals surface area contributed by atoms with Crippen LogP contribution in [-0.2, 0) is 17.8 Å². The second-order valence-corrected chi connectivity index (χ2v) is 5.72. The smallest absolute Gasteiger partial charge is 0.255 e. The first-order chi connectivity index (χ1) is 11.6. The van der Waals surface area contributed by atoms with Crippen molar-refractivity contribution in [2.75, 3.05) is 20.3 Å². The highest BCUT2D eigenvalue weighted by atomic mass is 35.5. The number of ether oxygens (including phenoxy) is 2. The van der Waals surface area contributed by atoms with E-state index in [1.54, 1.807) is 19.2 Å². The molecule has 0 radical (unpaired) electrons. The third-order valence-electron chi connectivity index (χ3n) is 3.46. The number of benzene rings is 2. The molecule has 5 nitrogen and oxygen atoms in total. The maximum absolute atomic E-state index is 10.9. The molecule has 2 aromatic carbocycles. The number of rotatable bonds is 9. The lowest BCUT2D eigenvalue weighted by Crippen LogP contribution is -2.21. The zero-order valence-corrected chi connectivity index (χ0v) is 15.5. The SMILES string of the molecule is COc1ccc(CCNCc2cc(Cl)ccc2OCC(N)=O)cc1.Cl. The molecule has 0 fully saturated rings. The van der Waals surface area contributed by atoms with E-state index in [1.807, 2.05) is 30.3 Å². The molecular formula is C18H22Cl2N2O3. The number of carbonyl (C=O) groups is 1. The first kappa shape index (κ1) is 21.1. The summed E-state index contributed by atoms with van der Waals surface area (Å²) in [7, 11) is 1.65. The largest absolute Gasteiger partial charge is 0.497 e. The van der Waals surface area contributed by atoms with Crippen LogP contribution < -0.4 is 20.5 Å². The van der Waals surface area contributed by atoms with Gasteiger partial charge in [0.15, 0.2) is 6.61 Å². The van der Waals surface area contributed by atoms with Crippen LogP contribution in [0.1, 0.15) is 11.1 Å². The average Bonchev–Trinajstić information content (AvgIpc) is 2.58. The minimum absolute atomic E-state index is 0. The lowest BCUT2D eigenvalue weighted by atomic mass is 10.1. The number of nitrogens with two attached hydrogens (primary N) is 1. The Balaban J connectivity index is 0.00000312. The van der Waals surface area contributed by atoms with Gasteiger partial charge in [0.2, 0.25) is 0 Å². The Bertz CT molecular complexity index is 679. The molecule has 0 spiro atoms. The van der Waals surface area contributed by atoms with E-state index in [4.69, 9.17) is 26.8 Å². The number of hydrogen-bond donors (Lipinski definition) is 2. The molecule has 2 rings (SSSR count). The topological polar surface area (TPSA) is 73.6 Å². The number of amides is 1. The fourth-order valence-corrected chi connectivity index (χ4v) is 2.42. The maximum Gasteiger partial charge on any atom is 0.255 e. The number of hydrogen-bond acceptors (Lipinski definition) is 4.